The summed E-state index contributed by atoms with van der Waals surface area (Å²) >= 11 is 4.81. The first kappa shape index (κ1) is 7.64. The van der Waals surface area contributed by atoms with Crippen molar-refractivity contribution in [3.63, 3.8) is 0 Å². The van der Waals surface area contributed by atoms with Crippen LogP contribution in [0, 0.1) is 0 Å². The topological polar surface area (TPSA) is 46.0 Å². The van der Waals surface area contributed by atoms with E-state index in [4.69, 9.17) is 5.11 Å². The van der Waals surface area contributed by atoms with Gasteiger partial charge in [-0.25, -0.2) is 0 Å². The summed E-state index contributed by atoms with van der Waals surface area (Å²) in [6.07, 6.45) is 1.59. The SMILES string of the molecule is OC1CC(c2nnc(Br)s2)C1. The predicted octanol–water partition coefficient (Wildman–Crippen LogP) is 1.54. The summed E-state index contributed by atoms with van der Waals surface area (Å²) in [4.78, 5) is 0. The van der Waals surface area contributed by atoms with Gasteiger partial charge in [0, 0.05) is 5.92 Å². The number of hydrogen-bond donors (Lipinski definition) is 1. The van der Waals surface area contributed by atoms with E-state index in [9.17, 15) is 0 Å². The van der Waals surface area contributed by atoms with Crippen molar-refractivity contribution in [3.8, 4) is 0 Å². The molecule has 5 heteroatoms. The first-order valence-electron chi connectivity index (χ1n) is 3.42. The van der Waals surface area contributed by atoms with Crippen LogP contribution in [0.5, 0.6) is 0 Å². The van der Waals surface area contributed by atoms with E-state index in [1.807, 2.05) is 0 Å². The molecular weight excluding hydrogens is 228 g/mol. The third-order valence-electron chi connectivity index (χ3n) is 1.88. The van der Waals surface area contributed by atoms with E-state index in [2.05, 4.69) is 26.1 Å². The summed E-state index contributed by atoms with van der Waals surface area (Å²) in [5, 5.41) is 17.9. The number of halogens is 1. The molecule has 2 rings (SSSR count). The Labute approximate surface area is 76.6 Å². The lowest BCUT2D eigenvalue weighted by molar-refractivity contribution is 0.0743. The molecule has 1 saturated carbocycles. The number of aliphatic hydroxyl groups is 1. The van der Waals surface area contributed by atoms with E-state index in [1.165, 1.54) is 0 Å². The van der Waals surface area contributed by atoms with Crippen LogP contribution in [0.2, 0.25) is 0 Å². The van der Waals surface area contributed by atoms with Crippen LogP contribution in [0.3, 0.4) is 0 Å². The highest BCUT2D eigenvalue weighted by molar-refractivity contribution is 9.11. The molecule has 11 heavy (non-hydrogen) atoms. The molecule has 0 spiro atoms. The maximum absolute atomic E-state index is 9.03. The largest absolute Gasteiger partial charge is 0.393 e. The van der Waals surface area contributed by atoms with Gasteiger partial charge in [0.25, 0.3) is 0 Å². The van der Waals surface area contributed by atoms with Crippen LogP contribution < -0.4 is 0 Å². The zero-order valence-electron chi connectivity index (χ0n) is 5.70. The molecule has 60 valence electrons. The zero-order valence-corrected chi connectivity index (χ0v) is 8.10. The highest BCUT2D eigenvalue weighted by atomic mass is 79.9. The third-order valence-corrected chi connectivity index (χ3v) is 3.40. The highest BCUT2D eigenvalue weighted by Crippen LogP contribution is 2.38. The Morgan fingerprint density at radius 3 is 2.64 bits per heavy atom. The Morgan fingerprint density at radius 1 is 1.45 bits per heavy atom. The highest BCUT2D eigenvalue weighted by Gasteiger charge is 2.31. The molecule has 1 aliphatic carbocycles. The first-order valence-corrected chi connectivity index (χ1v) is 5.03. The van der Waals surface area contributed by atoms with Gasteiger partial charge < -0.3 is 5.11 Å². The molecule has 0 aliphatic heterocycles. The quantitative estimate of drug-likeness (QED) is 0.803. The standard InChI is InChI=1S/C6H7BrN2OS/c7-6-9-8-5(11-6)3-1-4(10)2-3/h3-4,10H,1-2H2. The number of hydrogen-bond acceptors (Lipinski definition) is 4. The number of rotatable bonds is 1. The molecule has 1 heterocycles. The minimum absolute atomic E-state index is 0.109. The van der Waals surface area contributed by atoms with Gasteiger partial charge in [0.1, 0.15) is 5.01 Å². The van der Waals surface area contributed by atoms with E-state index >= 15 is 0 Å². The van der Waals surface area contributed by atoms with Gasteiger partial charge in [0.15, 0.2) is 3.92 Å². The maximum Gasteiger partial charge on any atom is 0.183 e. The van der Waals surface area contributed by atoms with Crippen molar-refractivity contribution in [2.24, 2.45) is 0 Å². The van der Waals surface area contributed by atoms with Crippen LogP contribution in [0.1, 0.15) is 23.8 Å². The zero-order chi connectivity index (χ0) is 7.84. The molecule has 1 aliphatic rings. The van der Waals surface area contributed by atoms with Crippen LogP contribution in [0.4, 0.5) is 0 Å². The monoisotopic (exact) mass is 234 g/mol. The Hall–Kier alpha value is -0.0000000000000000833. The summed E-state index contributed by atoms with van der Waals surface area (Å²) in [7, 11) is 0. The van der Waals surface area contributed by atoms with Gasteiger partial charge in [0.2, 0.25) is 0 Å². The van der Waals surface area contributed by atoms with Crippen molar-refractivity contribution >= 4 is 27.3 Å². The second kappa shape index (κ2) is 2.80. The van der Waals surface area contributed by atoms with Crippen LogP contribution in [0.25, 0.3) is 0 Å². The molecule has 0 saturated heterocycles. The smallest absolute Gasteiger partial charge is 0.183 e. The van der Waals surface area contributed by atoms with Crippen molar-refractivity contribution < 1.29 is 5.11 Å². The molecular formula is C6H7BrN2OS. The normalized spacial score (nSPS) is 30.0. The van der Waals surface area contributed by atoms with Crippen LogP contribution in [0.15, 0.2) is 3.92 Å². The van der Waals surface area contributed by atoms with E-state index in [-0.39, 0.29) is 6.10 Å². The molecule has 0 aromatic carbocycles. The first-order chi connectivity index (χ1) is 5.25. The molecule has 0 bridgehead atoms. The summed E-state index contributed by atoms with van der Waals surface area (Å²) in [6.45, 7) is 0. The Balaban J connectivity index is 2.07. The Morgan fingerprint density at radius 2 is 2.18 bits per heavy atom. The van der Waals surface area contributed by atoms with E-state index in [0.29, 0.717) is 5.92 Å². The molecule has 0 amide bonds. The molecule has 1 aromatic heterocycles. The summed E-state index contributed by atoms with van der Waals surface area (Å²) in [5.74, 6) is 0.453. The summed E-state index contributed by atoms with van der Waals surface area (Å²) in [6, 6.07) is 0. The van der Waals surface area contributed by atoms with Crippen molar-refractivity contribution in [1.82, 2.24) is 10.2 Å². The second-order valence-electron chi connectivity index (χ2n) is 2.72. The minimum Gasteiger partial charge on any atom is -0.393 e. The molecule has 1 aromatic rings. The Bertz CT molecular complexity index is 259. The van der Waals surface area contributed by atoms with E-state index < -0.39 is 0 Å². The van der Waals surface area contributed by atoms with Crippen LogP contribution in [-0.4, -0.2) is 21.4 Å². The van der Waals surface area contributed by atoms with Gasteiger partial charge in [-0.1, -0.05) is 11.3 Å². The lowest BCUT2D eigenvalue weighted by Gasteiger charge is -2.28. The van der Waals surface area contributed by atoms with Crippen LogP contribution in [-0.2, 0) is 0 Å². The van der Waals surface area contributed by atoms with E-state index in [0.717, 1.165) is 21.8 Å². The van der Waals surface area contributed by atoms with Gasteiger partial charge in [-0.2, -0.15) is 0 Å². The summed E-state index contributed by atoms with van der Waals surface area (Å²) in [5.41, 5.74) is 0. The molecule has 3 nitrogen and oxygen atoms in total. The second-order valence-corrected chi connectivity index (χ2v) is 5.00. The fraction of sp³-hybridized carbons (Fsp3) is 0.667. The average molecular weight is 235 g/mol. The van der Waals surface area contributed by atoms with E-state index in [1.54, 1.807) is 11.3 Å². The van der Waals surface area contributed by atoms with Gasteiger partial charge in [-0.05, 0) is 28.8 Å². The molecule has 0 radical (unpaired) electrons. The van der Waals surface area contributed by atoms with Crippen molar-refractivity contribution in [2.45, 2.75) is 24.9 Å². The third kappa shape index (κ3) is 1.45. The maximum atomic E-state index is 9.03. The van der Waals surface area contributed by atoms with Gasteiger partial charge in [-0.3, -0.25) is 0 Å². The summed E-state index contributed by atoms with van der Waals surface area (Å²) < 4.78 is 0.828. The lowest BCUT2D eigenvalue weighted by Crippen LogP contribution is -2.26. The van der Waals surface area contributed by atoms with Crippen molar-refractivity contribution in [3.05, 3.63) is 8.92 Å². The minimum atomic E-state index is -0.109. The number of nitrogens with zero attached hydrogens (tertiary/aromatic N) is 2. The lowest BCUT2D eigenvalue weighted by atomic mass is 9.83. The molecule has 0 unspecified atom stereocenters. The Kier molecular flexibility index (Phi) is 1.95. The molecule has 1 fully saturated rings. The molecule has 0 atom stereocenters. The fourth-order valence-corrected chi connectivity index (χ4v) is 2.44. The predicted molar refractivity (Wildman–Crippen MR) is 45.6 cm³/mol. The van der Waals surface area contributed by atoms with Gasteiger partial charge in [0.05, 0.1) is 6.10 Å². The fourth-order valence-electron chi connectivity index (χ4n) is 1.17. The molecule has 1 N–H and O–H groups in total. The van der Waals surface area contributed by atoms with Crippen LogP contribution >= 0.6 is 27.3 Å². The van der Waals surface area contributed by atoms with Gasteiger partial charge in [-0.15, -0.1) is 10.2 Å². The number of aliphatic hydroxyl groups excluding tert-OH is 1. The van der Waals surface area contributed by atoms with Crippen molar-refractivity contribution in [1.29, 1.82) is 0 Å². The average Bonchev–Trinajstić information content (AvgIpc) is 2.29. The van der Waals surface area contributed by atoms with Crippen molar-refractivity contribution in [2.75, 3.05) is 0 Å². The number of aromatic nitrogens is 2. The van der Waals surface area contributed by atoms with Gasteiger partial charge >= 0.3 is 0 Å².